The van der Waals surface area contributed by atoms with E-state index in [1.807, 2.05) is 40.8 Å². The number of halogens is 2. The fourth-order valence-corrected chi connectivity index (χ4v) is 8.21. The summed E-state index contributed by atoms with van der Waals surface area (Å²) in [4.78, 5) is 46.6. The number of para-hydroxylation sites is 1. The lowest BCUT2D eigenvalue weighted by molar-refractivity contribution is -0.140. The van der Waals surface area contributed by atoms with Gasteiger partial charge in [-0.1, -0.05) is 48.7 Å². The lowest BCUT2D eigenvalue weighted by atomic mass is 9.84. The van der Waals surface area contributed by atoms with Crippen molar-refractivity contribution in [3.63, 3.8) is 0 Å². The number of carbonyl (C=O) groups excluding carboxylic acids is 3. The number of anilines is 1. The van der Waals surface area contributed by atoms with Crippen molar-refractivity contribution < 1.29 is 19.1 Å². The number of aromatic nitrogens is 2. The van der Waals surface area contributed by atoms with Crippen LogP contribution >= 0.6 is 34.5 Å². The van der Waals surface area contributed by atoms with Gasteiger partial charge >= 0.3 is 5.97 Å². The lowest BCUT2D eigenvalue weighted by Gasteiger charge is -2.34. The van der Waals surface area contributed by atoms with Crippen LogP contribution in [0.25, 0.3) is 10.9 Å². The summed E-state index contributed by atoms with van der Waals surface area (Å²) < 4.78 is 6.69. The largest absolute Gasteiger partial charge is 0.469 e. The third-order valence-corrected chi connectivity index (χ3v) is 10.8. The molecule has 1 saturated heterocycles. The second-order valence-corrected chi connectivity index (χ2v) is 13.6. The summed E-state index contributed by atoms with van der Waals surface area (Å²) in [7, 11) is 3.29. The molecule has 0 radical (unpaired) electrons. The number of aryl methyl sites for hydroxylation is 2. The summed E-state index contributed by atoms with van der Waals surface area (Å²) in [6.07, 6.45) is 9.55. The monoisotopic (exact) mass is 652 g/mol. The number of methoxy groups -OCH3 is 1. The normalized spacial score (nSPS) is 20.4. The summed E-state index contributed by atoms with van der Waals surface area (Å²) in [5.41, 5.74) is 2.52. The van der Waals surface area contributed by atoms with Crippen molar-refractivity contribution in [3.05, 3.63) is 80.9 Å². The highest BCUT2D eigenvalue weighted by molar-refractivity contribution is 7.11. The molecule has 3 unspecified atom stereocenters. The maximum atomic E-state index is 14.1. The molecule has 3 heterocycles. The third-order valence-electron chi connectivity index (χ3n) is 8.89. The molecule has 1 N–H and O–H groups in total. The number of ether oxygens (including phenoxy) is 1. The number of nitrogens with one attached hydrogen (secondary N) is 1. The van der Waals surface area contributed by atoms with Crippen LogP contribution in [0.5, 0.6) is 0 Å². The molecule has 4 aromatic rings. The minimum atomic E-state index is -0.947. The van der Waals surface area contributed by atoms with E-state index in [0.29, 0.717) is 40.6 Å². The molecule has 2 aliphatic rings. The Morgan fingerprint density at radius 1 is 1.16 bits per heavy atom. The van der Waals surface area contributed by atoms with E-state index in [2.05, 4.69) is 10.3 Å². The van der Waals surface area contributed by atoms with Gasteiger partial charge in [-0.05, 0) is 55.4 Å². The summed E-state index contributed by atoms with van der Waals surface area (Å²) >= 11 is 15.1. The average molecular weight is 654 g/mol. The fourth-order valence-electron chi connectivity index (χ4n) is 6.69. The Labute approximate surface area is 270 Å². The van der Waals surface area contributed by atoms with Crippen LogP contribution in [0.15, 0.2) is 54.9 Å². The lowest BCUT2D eigenvalue weighted by Crippen LogP contribution is -2.42. The Bertz CT molecular complexity index is 1720. The minimum absolute atomic E-state index is 0.111. The van der Waals surface area contributed by atoms with E-state index in [1.165, 1.54) is 7.11 Å². The van der Waals surface area contributed by atoms with Gasteiger partial charge in [0.15, 0.2) is 0 Å². The van der Waals surface area contributed by atoms with E-state index in [9.17, 15) is 14.4 Å². The van der Waals surface area contributed by atoms with Crippen molar-refractivity contribution in [1.29, 1.82) is 0 Å². The van der Waals surface area contributed by atoms with Gasteiger partial charge in [0.2, 0.25) is 5.91 Å². The highest BCUT2D eigenvalue weighted by atomic mass is 35.5. The summed E-state index contributed by atoms with van der Waals surface area (Å²) in [6, 6.07) is 12.8. The first kappa shape index (κ1) is 30.6. The van der Waals surface area contributed by atoms with Gasteiger partial charge in [-0.25, -0.2) is 4.98 Å². The van der Waals surface area contributed by atoms with Gasteiger partial charge in [0.1, 0.15) is 10.4 Å². The highest BCUT2D eigenvalue weighted by Crippen LogP contribution is 2.48. The Morgan fingerprint density at radius 2 is 1.95 bits per heavy atom. The summed E-state index contributed by atoms with van der Waals surface area (Å²) in [5, 5.41) is 4.00. The van der Waals surface area contributed by atoms with Crippen molar-refractivity contribution in [1.82, 2.24) is 14.5 Å². The zero-order chi connectivity index (χ0) is 31.0. The predicted octanol–water partition coefficient (Wildman–Crippen LogP) is 7.46. The van der Waals surface area contributed by atoms with Crippen LogP contribution in [0.3, 0.4) is 0 Å². The van der Waals surface area contributed by atoms with Gasteiger partial charge in [-0.2, -0.15) is 0 Å². The van der Waals surface area contributed by atoms with Gasteiger partial charge in [0, 0.05) is 41.3 Å². The number of likely N-dealkylation sites (tertiary alicyclic amines) is 1. The van der Waals surface area contributed by atoms with Crippen LogP contribution in [0.1, 0.15) is 75.8 Å². The van der Waals surface area contributed by atoms with E-state index in [1.54, 1.807) is 41.9 Å². The average Bonchev–Trinajstić information content (AvgIpc) is 3.75. The molecule has 1 aliphatic heterocycles. The molecule has 8 nitrogen and oxygen atoms in total. The number of hydrogen-bond donors (Lipinski definition) is 1. The Morgan fingerprint density at radius 3 is 2.75 bits per heavy atom. The van der Waals surface area contributed by atoms with Gasteiger partial charge < -0.3 is 19.5 Å². The van der Waals surface area contributed by atoms with Crippen LogP contribution < -0.4 is 5.32 Å². The maximum Gasteiger partial charge on any atom is 0.305 e. The van der Waals surface area contributed by atoms with Crippen LogP contribution in [-0.4, -0.2) is 45.4 Å². The number of benzene rings is 2. The van der Waals surface area contributed by atoms with Crippen LogP contribution in [0.2, 0.25) is 5.02 Å². The molecule has 11 heteroatoms. The molecule has 1 aliphatic carbocycles. The van der Waals surface area contributed by atoms with Crippen LogP contribution in [-0.2, 0) is 27.8 Å². The topological polar surface area (TPSA) is 93.5 Å². The molecule has 0 spiro atoms. The Hall–Kier alpha value is -3.40. The number of alkyl halides is 1. The van der Waals surface area contributed by atoms with Gasteiger partial charge in [0.25, 0.3) is 5.91 Å². The van der Waals surface area contributed by atoms with Crippen molar-refractivity contribution in [2.75, 3.05) is 12.4 Å². The van der Waals surface area contributed by atoms with Gasteiger partial charge in [-0.15, -0.1) is 22.9 Å². The number of hydrogen-bond acceptors (Lipinski definition) is 6. The number of fused-ring (bicyclic) bond motifs is 2. The first-order chi connectivity index (χ1) is 21.2. The van der Waals surface area contributed by atoms with Crippen molar-refractivity contribution >= 4 is 68.9 Å². The van der Waals surface area contributed by atoms with E-state index in [-0.39, 0.29) is 29.9 Å². The number of carbonyl (C=O) groups is 3. The van der Waals surface area contributed by atoms with Crippen molar-refractivity contribution in [2.45, 2.75) is 62.4 Å². The molecule has 6 rings (SSSR count). The van der Waals surface area contributed by atoms with E-state index < -0.39 is 5.38 Å². The molecule has 4 atom stereocenters. The molecular formula is C33H34Cl2N4O4S. The standard InChI is InChI=1S/C33H34Cl2N4O4S/c1-38-18-23(22-8-4-6-10-27(22)38)31(41)37-25-13-11-20(15-24(25)34)30(35)33(42)39-26-9-5-3-7-19(26)16-28(39)32-36-17-21(44-32)12-14-29(40)43-2/h4,6,8,10-11,13,15,17-19,26,28,30H,3,5,7,9,12,14,16H2,1-2H3,(H,37,41)/t19?,26?,28-,30?/m0/s1. The number of thiazole rings is 1. The molecule has 44 heavy (non-hydrogen) atoms. The number of esters is 1. The zero-order valence-corrected chi connectivity index (χ0v) is 26.9. The molecule has 230 valence electrons. The molecular weight excluding hydrogens is 619 g/mol. The van der Waals surface area contributed by atoms with Crippen LogP contribution in [0.4, 0.5) is 5.69 Å². The van der Waals surface area contributed by atoms with E-state index >= 15 is 0 Å². The van der Waals surface area contributed by atoms with Gasteiger partial charge in [0.05, 0.1) is 35.8 Å². The number of nitrogens with zero attached hydrogens (tertiary/aromatic N) is 3. The van der Waals surface area contributed by atoms with Crippen LogP contribution in [0, 0.1) is 5.92 Å². The molecule has 2 amide bonds. The molecule has 1 saturated carbocycles. The summed E-state index contributed by atoms with van der Waals surface area (Å²) in [5.74, 6) is -0.292. The molecule has 2 aromatic heterocycles. The van der Waals surface area contributed by atoms with E-state index in [0.717, 1.165) is 52.9 Å². The highest BCUT2D eigenvalue weighted by Gasteiger charge is 2.47. The van der Waals surface area contributed by atoms with E-state index in [4.69, 9.17) is 27.9 Å². The second kappa shape index (κ2) is 12.9. The maximum absolute atomic E-state index is 14.1. The smallest absolute Gasteiger partial charge is 0.305 e. The third kappa shape index (κ3) is 5.97. The fraction of sp³-hybridized carbons (Fsp3) is 0.394. The second-order valence-electron chi connectivity index (χ2n) is 11.6. The predicted molar refractivity (Wildman–Crippen MR) is 173 cm³/mol. The molecule has 2 fully saturated rings. The number of rotatable bonds is 8. The minimum Gasteiger partial charge on any atom is -0.469 e. The molecule has 0 bridgehead atoms. The summed E-state index contributed by atoms with van der Waals surface area (Å²) in [6.45, 7) is 0. The van der Waals surface area contributed by atoms with Crippen molar-refractivity contribution in [3.8, 4) is 0 Å². The van der Waals surface area contributed by atoms with Crippen molar-refractivity contribution in [2.24, 2.45) is 13.0 Å². The quantitative estimate of drug-likeness (QED) is 0.158. The first-order valence-corrected chi connectivity index (χ1v) is 16.5. The SMILES string of the molecule is COC(=O)CCc1cnc([C@@H]2CC3CCCCC3N2C(=O)C(Cl)c2ccc(NC(=O)c3cn(C)c4ccccc34)c(Cl)c2)s1. The first-order valence-electron chi connectivity index (χ1n) is 14.9. The Balaban J connectivity index is 1.20. The number of amides is 2. The zero-order valence-electron chi connectivity index (χ0n) is 24.6. The molecule has 2 aromatic carbocycles. The van der Waals surface area contributed by atoms with Gasteiger partial charge in [-0.3, -0.25) is 14.4 Å². The Kier molecular flexibility index (Phi) is 8.98.